The molecule has 56 heavy (non-hydrogen) atoms. The lowest BCUT2D eigenvalue weighted by atomic mass is 10.0. The maximum Gasteiger partial charge on any atom is 0.0727 e. The van der Waals surface area contributed by atoms with E-state index in [1.165, 1.54) is 0 Å². The van der Waals surface area contributed by atoms with Crippen molar-refractivity contribution in [2.45, 2.75) is 40.3 Å². The van der Waals surface area contributed by atoms with E-state index in [-0.39, 0.29) is 0 Å². The van der Waals surface area contributed by atoms with Crippen LogP contribution < -0.4 is 9.80 Å². The van der Waals surface area contributed by atoms with Gasteiger partial charge >= 0.3 is 0 Å². The van der Waals surface area contributed by atoms with Crippen molar-refractivity contribution in [3.63, 3.8) is 0 Å². The van der Waals surface area contributed by atoms with E-state index in [9.17, 15) is 0 Å². The highest BCUT2D eigenvalue weighted by molar-refractivity contribution is 5.83. The first-order valence-corrected chi connectivity index (χ1v) is 19.1. The Balaban J connectivity index is 1.18. The van der Waals surface area contributed by atoms with Gasteiger partial charge in [-0.3, -0.25) is 0 Å². The fourth-order valence-corrected chi connectivity index (χ4v) is 7.07. The monoisotopic (exact) mass is 732 g/mol. The standard InChI is InChI=1S/C52H48N2O2/c1-39(2)51-30-13-11-20-43(51)37-55-35-41-18-15-26-47(32-41)53(45-22-7-5-8-23-45)49-28-17-29-50(34-49)54(46-24-9-6-10-25-46)48-27-16-19-42(33-48)36-56-38-44-21-12-14-31-52(44)40(3)4/h5-34H,1,3,35-38H2,2,4H3. The summed E-state index contributed by atoms with van der Waals surface area (Å²) in [5.41, 5.74) is 15.2. The van der Waals surface area contributed by atoms with Crippen LogP contribution in [0.5, 0.6) is 0 Å². The van der Waals surface area contributed by atoms with Crippen LogP contribution in [0.4, 0.5) is 34.1 Å². The zero-order valence-corrected chi connectivity index (χ0v) is 32.3. The van der Waals surface area contributed by atoms with Gasteiger partial charge in [-0.05, 0) is 114 Å². The summed E-state index contributed by atoms with van der Waals surface area (Å²) in [7, 11) is 0. The van der Waals surface area contributed by atoms with Gasteiger partial charge in [0.2, 0.25) is 0 Å². The number of allylic oxidation sites excluding steroid dienone is 2. The third-order valence-electron chi connectivity index (χ3n) is 9.72. The molecule has 7 rings (SSSR count). The molecule has 0 heterocycles. The normalized spacial score (nSPS) is 10.9. The summed E-state index contributed by atoms with van der Waals surface area (Å²) in [5.74, 6) is 0. The number of benzene rings is 7. The van der Waals surface area contributed by atoms with Gasteiger partial charge in [0, 0.05) is 34.1 Å². The number of hydrogen-bond donors (Lipinski definition) is 0. The van der Waals surface area contributed by atoms with Crippen molar-refractivity contribution in [3.8, 4) is 0 Å². The highest BCUT2D eigenvalue weighted by atomic mass is 16.5. The van der Waals surface area contributed by atoms with Crippen LogP contribution >= 0.6 is 0 Å². The molecule has 0 aromatic heterocycles. The average Bonchev–Trinajstić information content (AvgIpc) is 3.23. The van der Waals surface area contributed by atoms with Crippen LogP contribution in [0.25, 0.3) is 11.1 Å². The van der Waals surface area contributed by atoms with Crippen LogP contribution in [0.1, 0.15) is 47.2 Å². The largest absolute Gasteiger partial charge is 0.372 e. The Morgan fingerprint density at radius 1 is 0.375 bits per heavy atom. The number of para-hydroxylation sites is 2. The summed E-state index contributed by atoms with van der Waals surface area (Å²) in [5, 5.41) is 0. The lowest BCUT2D eigenvalue weighted by molar-refractivity contribution is 0.107. The Hall–Kier alpha value is -6.46. The quantitative estimate of drug-likeness (QED) is 0.0988. The molecule has 4 nitrogen and oxygen atoms in total. The molecule has 0 saturated carbocycles. The molecule has 7 aromatic rings. The Morgan fingerprint density at radius 3 is 1.12 bits per heavy atom. The SMILES string of the molecule is C=C(C)c1ccccc1COCc1cccc(N(c2ccccc2)c2cccc(N(c3ccccc3)c3cccc(COCc4ccccc4C(=C)C)c3)c2)c1. The van der Waals surface area contributed by atoms with Gasteiger partial charge in [0.15, 0.2) is 0 Å². The average molecular weight is 733 g/mol. The summed E-state index contributed by atoms with van der Waals surface area (Å²) in [6.07, 6.45) is 0. The number of hydrogen-bond acceptors (Lipinski definition) is 4. The lowest BCUT2D eigenvalue weighted by Gasteiger charge is -2.29. The minimum absolute atomic E-state index is 0.489. The number of nitrogens with zero attached hydrogens (tertiary/aromatic N) is 2. The van der Waals surface area contributed by atoms with Crippen molar-refractivity contribution in [1.29, 1.82) is 0 Å². The van der Waals surface area contributed by atoms with E-state index < -0.39 is 0 Å². The van der Waals surface area contributed by atoms with E-state index in [0.29, 0.717) is 26.4 Å². The Bertz CT molecular complexity index is 2240. The van der Waals surface area contributed by atoms with Crippen LogP contribution in [0.3, 0.4) is 0 Å². The molecule has 0 atom stereocenters. The van der Waals surface area contributed by atoms with E-state index in [1.807, 2.05) is 26.0 Å². The first kappa shape index (κ1) is 37.8. The van der Waals surface area contributed by atoms with Crippen molar-refractivity contribution in [3.05, 3.63) is 229 Å². The summed E-state index contributed by atoms with van der Waals surface area (Å²) in [4.78, 5) is 4.61. The molecule has 0 aliphatic rings. The summed E-state index contributed by atoms with van der Waals surface area (Å²) in [6, 6.07) is 63.6. The highest BCUT2D eigenvalue weighted by Crippen LogP contribution is 2.40. The van der Waals surface area contributed by atoms with Gasteiger partial charge in [0.1, 0.15) is 0 Å². The zero-order chi connectivity index (χ0) is 38.7. The second-order valence-electron chi connectivity index (χ2n) is 14.1. The minimum Gasteiger partial charge on any atom is -0.372 e. The predicted molar refractivity (Wildman–Crippen MR) is 235 cm³/mol. The van der Waals surface area contributed by atoms with Crippen molar-refractivity contribution in [2.75, 3.05) is 9.80 Å². The molecule has 0 aliphatic heterocycles. The first-order chi connectivity index (χ1) is 27.4. The molecular weight excluding hydrogens is 685 g/mol. The van der Waals surface area contributed by atoms with Crippen LogP contribution in [0, 0.1) is 0 Å². The van der Waals surface area contributed by atoms with Crippen LogP contribution in [0.15, 0.2) is 195 Å². The molecule has 0 fully saturated rings. The fourth-order valence-electron chi connectivity index (χ4n) is 7.07. The third kappa shape index (κ3) is 9.24. The van der Waals surface area contributed by atoms with E-state index in [1.54, 1.807) is 0 Å². The van der Waals surface area contributed by atoms with Gasteiger partial charge in [0.05, 0.1) is 26.4 Å². The summed E-state index contributed by atoms with van der Waals surface area (Å²) < 4.78 is 12.6. The molecule has 0 unspecified atom stereocenters. The number of ether oxygens (including phenoxy) is 2. The van der Waals surface area contributed by atoms with E-state index in [4.69, 9.17) is 9.47 Å². The molecule has 0 radical (unpaired) electrons. The van der Waals surface area contributed by atoms with Crippen LogP contribution in [0.2, 0.25) is 0 Å². The van der Waals surface area contributed by atoms with Gasteiger partial charge in [-0.1, -0.05) is 140 Å². The molecule has 7 aromatic carbocycles. The summed E-state index contributed by atoms with van der Waals surface area (Å²) >= 11 is 0. The van der Waals surface area contributed by atoms with Gasteiger partial charge < -0.3 is 19.3 Å². The highest BCUT2D eigenvalue weighted by Gasteiger charge is 2.18. The lowest BCUT2D eigenvalue weighted by Crippen LogP contribution is -2.13. The Labute approximate surface area is 332 Å². The van der Waals surface area contributed by atoms with Gasteiger partial charge in [0.25, 0.3) is 0 Å². The number of rotatable bonds is 16. The molecule has 0 N–H and O–H groups in total. The molecule has 0 amide bonds. The maximum atomic E-state index is 6.28. The van der Waals surface area contributed by atoms with Crippen molar-refractivity contribution >= 4 is 45.3 Å². The van der Waals surface area contributed by atoms with E-state index in [0.717, 1.165) is 78.7 Å². The topological polar surface area (TPSA) is 24.9 Å². The Kier molecular flexibility index (Phi) is 12.3. The fraction of sp³-hybridized carbons (Fsp3) is 0.115. The van der Waals surface area contributed by atoms with E-state index >= 15 is 0 Å². The second kappa shape index (κ2) is 18.2. The van der Waals surface area contributed by atoms with Crippen LogP contribution in [-0.4, -0.2) is 0 Å². The minimum atomic E-state index is 0.489. The molecule has 0 aliphatic carbocycles. The predicted octanol–water partition coefficient (Wildman–Crippen LogP) is 14.1. The molecule has 0 bridgehead atoms. The van der Waals surface area contributed by atoms with Gasteiger partial charge in [-0.15, -0.1) is 0 Å². The molecular formula is C52H48N2O2. The van der Waals surface area contributed by atoms with Gasteiger partial charge in [-0.2, -0.15) is 0 Å². The van der Waals surface area contributed by atoms with Crippen molar-refractivity contribution in [1.82, 2.24) is 0 Å². The molecule has 0 saturated heterocycles. The van der Waals surface area contributed by atoms with Crippen LogP contribution in [-0.2, 0) is 35.9 Å². The smallest absolute Gasteiger partial charge is 0.0727 e. The first-order valence-electron chi connectivity index (χ1n) is 19.1. The molecule has 4 heteroatoms. The third-order valence-corrected chi connectivity index (χ3v) is 9.72. The Morgan fingerprint density at radius 2 is 0.714 bits per heavy atom. The van der Waals surface area contributed by atoms with Crippen molar-refractivity contribution in [2.24, 2.45) is 0 Å². The van der Waals surface area contributed by atoms with Crippen molar-refractivity contribution < 1.29 is 9.47 Å². The molecule has 278 valence electrons. The second-order valence-corrected chi connectivity index (χ2v) is 14.1. The maximum absolute atomic E-state index is 6.28. The summed E-state index contributed by atoms with van der Waals surface area (Å²) in [6.45, 7) is 14.4. The molecule has 0 spiro atoms. The van der Waals surface area contributed by atoms with E-state index in [2.05, 4.69) is 193 Å². The number of anilines is 6. The zero-order valence-electron chi connectivity index (χ0n) is 32.3. The van der Waals surface area contributed by atoms with Gasteiger partial charge in [-0.25, -0.2) is 0 Å².